The Morgan fingerprint density at radius 3 is 2.35 bits per heavy atom. The molecule has 236 valence electrons. The highest BCUT2D eigenvalue weighted by molar-refractivity contribution is 7.92. The normalized spacial score (nSPS) is 17.6. The summed E-state index contributed by atoms with van der Waals surface area (Å²) in [5.74, 6) is 1.79. The van der Waals surface area contributed by atoms with Crippen LogP contribution in [0.15, 0.2) is 29.6 Å². The lowest BCUT2D eigenvalue weighted by Crippen LogP contribution is -2.37. The number of rotatable bonds is 12. The van der Waals surface area contributed by atoms with Crippen LogP contribution in [0.25, 0.3) is 0 Å². The lowest BCUT2D eigenvalue weighted by atomic mass is 9.79. The van der Waals surface area contributed by atoms with Crippen LogP contribution in [0.4, 0.5) is 23.1 Å². The average molecular weight is 632 g/mol. The number of aryl methyl sites for hydroxylation is 2. The molecule has 2 aromatic heterocycles. The summed E-state index contributed by atoms with van der Waals surface area (Å²) in [4.78, 5) is 11.6. The van der Waals surface area contributed by atoms with E-state index in [9.17, 15) is 8.42 Å². The number of aromatic nitrogens is 4. The Hall–Kier alpha value is -2.89. The Balaban J connectivity index is 1.60. The molecule has 0 radical (unpaired) electrons. The first-order valence-electron chi connectivity index (χ1n) is 15.2. The minimum absolute atomic E-state index is 0.0234. The van der Waals surface area contributed by atoms with E-state index in [0.717, 1.165) is 37.4 Å². The molecule has 4 rings (SSSR count). The van der Waals surface area contributed by atoms with Gasteiger partial charge in [-0.15, -0.1) is 0 Å². The average Bonchev–Trinajstić information content (AvgIpc) is 3.33. The van der Waals surface area contributed by atoms with Crippen molar-refractivity contribution in [1.29, 1.82) is 0 Å². The second-order valence-electron chi connectivity index (χ2n) is 11.9. The minimum atomic E-state index is -3.64. The summed E-state index contributed by atoms with van der Waals surface area (Å²) in [7, 11) is -1.97. The topological polar surface area (TPSA) is 114 Å². The fraction of sp³-hybridized carbons (Fsp3) is 0.581. The van der Waals surface area contributed by atoms with Gasteiger partial charge in [-0.3, -0.25) is 4.68 Å². The first-order chi connectivity index (χ1) is 20.3. The van der Waals surface area contributed by atoms with Crippen molar-refractivity contribution in [2.24, 2.45) is 7.05 Å². The molecule has 0 aliphatic heterocycles. The number of anilines is 4. The van der Waals surface area contributed by atoms with Gasteiger partial charge in [-0.05, 0) is 103 Å². The van der Waals surface area contributed by atoms with Crippen LogP contribution in [0.5, 0.6) is 5.75 Å². The molecular formula is C31H46ClN7O3S. The molecule has 1 aliphatic rings. The second kappa shape index (κ2) is 13.8. The molecule has 2 heterocycles. The van der Waals surface area contributed by atoms with E-state index in [0.29, 0.717) is 23.6 Å². The maximum Gasteiger partial charge on any atom is 0.229 e. The quantitative estimate of drug-likeness (QED) is 0.218. The van der Waals surface area contributed by atoms with Crippen molar-refractivity contribution in [2.45, 2.75) is 102 Å². The van der Waals surface area contributed by atoms with Crippen molar-refractivity contribution in [1.82, 2.24) is 24.6 Å². The SMILES string of the molecule is CCN(CC)C1CCC(c2cc(OC(C)C)c(Nc3ncc(Cl)c(Nc4cn(C)nc4S(=O)(=O)C(C)C)n3)cc2C)CC1. The summed E-state index contributed by atoms with van der Waals surface area (Å²) in [6.45, 7) is 16.1. The number of hydrogen-bond acceptors (Lipinski definition) is 9. The molecule has 0 atom stereocenters. The number of benzene rings is 1. The molecule has 1 saturated carbocycles. The first-order valence-corrected chi connectivity index (χ1v) is 17.2. The lowest BCUT2D eigenvalue weighted by Gasteiger charge is -2.36. The van der Waals surface area contributed by atoms with Crippen molar-refractivity contribution in [3.05, 3.63) is 40.7 Å². The smallest absolute Gasteiger partial charge is 0.229 e. The summed E-state index contributed by atoms with van der Waals surface area (Å²) >= 11 is 6.45. The predicted molar refractivity (Wildman–Crippen MR) is 174 cm³/mol. The molecule has 3 aromatic rings. The molecule has 1 aliphatic carbocycles. The molecule has 0 unspecified atom stereocenters. The number of ether oxygens (including phenoxy) is 1. The zero-order chi connectivity index (χ0) is 31.5. The van der Waals surface area contributed by atoms with Crippen LogP contribution in [0.1, 0.15) is 84.3 Å². The van der Waals surface area contributed by atoms with Gasteiger partial charge < -0.3 is 20.3 Å². The fourth-order valence-electron chi connectivity index (χ4n) is 5.83. The minimum Gasteiger partial charge on any atom is -0.489 e. The van der Waals surface area contributed by atoms with Gasteiger partial charge in [0.1, 0.15) is 10.8 Å². The third-order valence-corrected chi connectivity index (χ3v) is 10.5. The second-order valence-corrected chi connectivity index (χ2v) is 14.7. The molecule has 0 amide bonds. The van der Waals surface area contributed by atoms with E-state index in [4.69, 9.17) is 16.3 Å². The van der Waals surface area contributed by atoms with E-state index in [1.165, 1.54) is 34.8 Å². The fourth-order valence-corrected chi connectivity index (χ4v) is 7.07. The van der Waals surface area contributed by atoms with Crippen LogP contribution in [-0.2, 0) is 16.9 Å². The van der Waals surface area contributed by atoms with Gasteiger partial charge in [-0.1, -0.05) is 25.4 Å². The summed E-state index contributed by atoms with van der Waals surface area (Å²) in [5, 5.41) is 10.1. The maximum absolute atomic E-state index is 12.9. The summed E-state index contributed by atoms with van der Waals surface area (Å²) in [6.07, 6.45) is 7.78. The molecule has 10 nitrogen and oxygen atoms in total. The molecule has 0 spiro atoms. The van der Waals surface area contributed by atoms with Gasteiger partial charge in [-0.25, -0.2) is 13.4 Å². The van der Waals surface area contributed by atoms with Crippen LogP contribution < -0.4 is 15.4 Å². The van der Waals surface area contributed by atoms with Crippen molar-refractivity contribution in [2.75, 3.05) is 23.7 Å². The highest BCUT2D eigenvalue weighted by Gasteiger charge is 2.28. The van der Waals surface area contributed by atoms with Crippen molar-refractivity contribution in [3.63, 3.8) is 0 Å². The lowest BCUT2D eigenvalue weighted by molar-refractivity contribution is 0.163. The van der Waals surface area contributed by atoms with E-state index in [1.54, 1.807) is 27.1 Å². The Morgan fingerprint density at radius 1 is 1.07 bits per heavy atom. The van der Waals surface area contributed by atoms with Crippen LogP contribution in [0, 0.1) is 6.92 Å². The van der Waals surface area contributed by atoms with Crippen molar-refractivity contribution >= 4 is 44.6 Å². The summed E-state index contributed by atoms with van der Waals surface area (Å²) in [6, 6.07) is 4.94. The van der Waals surface area contributed by atoms with Gasteiger partial charge in [0.05, 0.1) is 28.9 Å². The van der Waals surface area contributed by atoms with E-state index >= 15 is 0 Å². The highest BCUT2D eigenvalue weighted by Crippen LogP contribution is 2.41. The van der Waals surface area contributed by atoms with Crippen LogP contribution in [-0.4, -0.2) is 63.6 Å². The zero-order valence-corrected chi connectivity index (χ0v) is 28.2. The number of sulfone groups is 1. The van der Waals surface area contributed by atoms with Crippen LogP contribution >= 0.6 is 11.6 Å². The van der Waals surface area contributed by atoms with Gasteiger partial charge in [-0.2, -0.15) is 10.1 Å². The summed E-state index contributed by atoms with van der Waals surface area (Å²) < 4.78 is 33.6. The van der Waals surface area contributed by atoms with Gasteiger partial charge >= 0.3 is 0 Å². The molecule has 43 heavy (non-hydrogen) atoms. The van der Waals surface area contributed by atoms with Gasteiger partial charge in [0, 0.05) is 19.3 Å². The van der Waals surface area contributed by atoms with Crippen LogP contribution in [0.3, 0.4) is 0 Å². The number of hydrogen-bond donors (Lipinski definition) is 2. The van der Waals surface area contributed by atoms with E-state index in [-0.39, 0.29) is 22.0 Å². The number of halogens is 1. The summed E-state index contributed by atoms with van der Waals surface area (Å²) in [5.41, 5.74) is 3.57. The molecule has 12 heteroatoms. The van der Waals surface area contributed by atoms with Crippen molar-refractivity contribution in [3.8, 4) is 5.75 Å². The molecule has 1 aromatic carbocycles. The molecule has 0 bridgehead atoms. The molecule has 2 N–H and O–H groups in total. The monoisotopic (exact) mass is 631 g/mol. The highest BCUT2D eigenvalue weighted by atomic mass is 35.5. The van der Waals surface area contributed by atoms with Crippen LogP contribution in [0.2, 0.25) is 5.02 Å². The number of nitrogens with zero attached hydrogens (tertiary/aromatic N) is 5. The Bertz CT molecular complexity index is 1510. The van der Waals surface area contributed by atoms with E-state index in [2.05, 4.69) is 63.5 Å². The third kappa shape index (κ3) is 7.61. The third-order valence-electron chi connectivity index (χ3n) is 8.12. The largest absolute Gasteiger partial charge is 0.489 e. The molecule has 0 saturated heterocycles. The Labute approximate surface area is 261 Å². The van der Waals surface area contributed by atoms with Gasteiger partial charge in [0.2, 0.25) is 20.8 Å². The van der Waals surface area contributed by atoms with Gasteiger partial charge in [0.15, 0.2) is 5.82 Å². The zero-order valence-electron chi connectivity index (χ0n) is 26.6. The standard InChI is InChI=1S/C31H46ClN7O3S/c1-9-39(10-2)23-13-11-22(12-14-23)24-16-28(42-19(3)4)26(15-21(24)7)35-31-33-17-25(32)29(36-31)34-27-18-38(8)37-30(27)43(40,41)20(5)6/h15-20,22-23H,9-14H2,1-8H3,(H2,33,34,35,36). The molecule has 1 fully saturated rings. The predicted octanol–water partition coefficient (Wildman–Crippen LogP) is 7.00. The van der Waals surface area contributed by atoms with Crippen molar-refractivity contribution < 1.29 is 13.2 Å². The van der Waals surface area contributed by atoms with E-state index < -0.39 is 15.1 Å². The van der Waals surface area contributed by atoms with E-state index in [1.807, 2.05) is 13.8 Å². The number of nitrogens with one attached hydrogen (secondary N) is 2. The Morgan fingerprint density at radius 2 is 1.74 bits per heavy atom. The maximum atomic E-state index is 12.9. The molecular weight excluding hydrogens is 586 g/mol. The Kier molecular flexibility index (Phi) is 10.6. The first kappa shape index (κ1) is 33.0. The van der Waals surface area contributed by atoms with Gasteiger partial charge in [0.25, 0.3) is 0 Å².